The van der Waals surface area contributed by atoms with Gasteiger partial charge in [-0.25, -0.2) is 0 Å². The first kappa shape index (κ1) is 12.6. The molecule has 0 fully saturated rings. The quantitative estimate of drug-likeness (QED) is 0.916. The van der Waals surface area contributed by atoms with Gasteiger partial charge in [-0.15, -0.1) is 0 Å². The number of phenolic OH excluding ortho intramolecular Hbond substituents is 1. The summed E-state index contributed by atoms with van der Waals surface area (Å²) in [6, 6.07) is 12.2. The second-order valence-corrected chi connectivity index (χ2v) is 4.12. The number of hydrogen-bond acceptors (Lipinski definition) is 3. The van der Waals surface area contributed by atoms with Crippen LogP contribution in [-0.4, -0.2) is 12.2 Å². The van der Waals surface area contributed by atoms with E-state index in [9.17, 15) is 5.11 Å². The van der Waals surface area contributed by atoms with Crippen LogP contribution in [0.3, 0.4) is 0 Å². The SMILES string of the molecule is COc1ccccc1OCc1ccc(O)cc1Cl. The predicted octanol–water partition coefficient (Wildman–Crippen LogP) is 3.63. The van der Waals surface area contributed by atoms with Gasteiger partial charge >= 0.3 is 0 Å². The maximum atomic E-state index is 9.26. The van der Waals surface area contributed by atoms with Crippen LogP contribution in [-0.2, 0) is 6.61 Å². The zero-order valence-corrected chi connectivity index (χ0v) is 10.6. The normalized spacial score (nSPS) is 10.1. The largest absolute Gasteiger partial charge is 0.508 e. The molecule has 0 aromatic heterocycles. The number of hydrogen-bond donors (Lipinski definition) is 1. The van der Waals surface area contributed by atoms with E-state index in [-0.39, 0.29) is 5.75 Å². The molecule has 0 saturated heterocycles. The molecule has 3 nitrogen and oxygen atoms in total. The number of benzene rings is 2. The molecular formula is C14H13ClO3. The Bertz CT molecular complexity index is 540. The molecule has 0 aliphatic carbocycles. The first-order valence-electron chi connectivity index (χ1n) is 5.44. The smallest absolute Gasteiger partial charge is 0.161 e. The summed E-state index contributed by atoms with van der Waals surface area (Å²) in [7, 11) is 1.59. The van der Waals surface area contributed by atoms with Crippen LogP contribution in [0.5, 0.6) is 17.2 Å². The van der Waals surface area contributed by atoms with Crippen molar-refractivity contribution in [2.45, 2.75) is 6.61 Å². The lowest BCUT2D eigenvalue weighted by molar-refractivity contribution is 0.284. The van der Waals surface area contributed by atoms with Gasteiger partial charge in [-0.3, -0.25) is 0 Å². The maximum Gasteiger partial charge on any atom is 0.161 e. The molecule has 0 radical (unpaired) electrons. The standard InChI is InChI=1S/C14H13ClO3/c1-17-13-4-2-3-5-14(13)18-9-10-6-7-11(16)8-12(10)15/h2-8,16H,9H2,1H3. The molecule has 2 rings (SSSR count). The van der Waals surface area contributed by atoms with Gasteiger partial charge in [0, 0.05) is 5.56 Å². The van der Waals surface area contributed by atoms with Crippen molar-refractivity contribution in [3.8, 4) is 17.2 Å². The van der Waals surface area contributed by atoms with Crippen molar-refractivity contribution in [3.05, 3.63) is 53.1 Å². The van der Waals surface area contributed by atoms with Crippen molar-refractivity contribution in [1.29, 1.82) is 0 Å². The Kier molecular flexibility index (Phi) is 3.95. The van der Waals surface area contributed by atoms with Crippen LogP contribution in [0.2, 0.25) is 5.02 Å². The second kappa shape index (κ2) is 5.65. The average molecular weight is 265 g/mol. The van der Waals surface area contributed by atoms with Gasteiger partial charge in [0.25, 0.3) is 0 Å². The van der Waals surface area contributed by atoms with Crippen molar-refractivity contribution in [3.63, 3.8) is 0 Å². The third-order valence-electron chi connectivity index (χ3n) is 2.49. The Balaban J connectivity index is 2.11. The molecule has 94 valence electrons. The van der Waals surface area contributed by atoms with Gasteiger partial charge in [0.15, 0.2) is 11.5 Å². The van der Waals surface area contributed by atoms with E-state index < -0.39 is 0 Å². The first-order chi connectivity index (χ1) is 8.70. The van der Waals surface area contributed by atoms with E-state index in [1.807, 2.05) is 24.3 Å². The van der Waals surface area contributed by atoms with Gasteiger partial charge in [-0.05, 0) is 24.3 Å². The minimum Gasteiger partial charge on any atom is -0.508 e. The molecule has 2 aromatic carbocycles. The van der Waals surface area contributed by atoms with Crippen molar-refractivity contribution in [2.24, 2.45) is 0 Å². The Labute approximate surface area is 111 Å². The molecule has 0 aliphatic heterocycles. The summed E-state index contributed by atoms with van der Waals surface area (Å²) in [4.78, 5) is 0. The molecule has 2 aromatic rings. The fourth-order valence-corrected chi connectivity index (χ4v) is 1.78. The number of ether oxygens (including phenoxy) is 2. The van der Waals surface area contributed by atoms with Gasteiger partial charge in [0.05, 0.1) is 12.1 Å². The van der Waals surface area contributed by atoms with E-state index in [0.29, 0.717) is 23.1 Å². The van der Waals surface area contributed by atoms with E-state index in [1.54, 1.807) is 19.2 Å². The van der Waals surface area contributed by atoms with Gasteiger partial charge in [-0.2, -0.15) is 0 Å². The van der Waals surface area contributed by atoms with Crippen LogP contribution in [0.1, 0.15) is 5.56 Å². The van der Waals surface area contributed by atoms with E-state index in [4.69, 9.17) is 21.1 Å². The van der Waals surface area contributed by atoms with Crippen LogP contribution in [0, 0.1) is 0 Å². The van der Waals surface area contributed by atoms with E-state index in [1.165, 1.54) is 6.07 Å². The lowest BCUT2D eigenvalue weighted by Crippen LogP contribution is -1.98. The second-order valence-electron chi connectivity index (χ2n) is 3.72. The van der Waals surface area contributed by atoms with Gasteiger partial charge in [0.2, 0.25) is 0 Å². The Morgan fingerprint density at radius 2 is 1.83 bits per heavy atom. The summed E-state index contributed by atoms with van der Waals surface area (Å²) >= 11 is 6.00. The summed E-state index contributed by atoms with van der Waals surface area (Å²) in [5.41, 5.74) is 0.806. The highest BCUT2D eigenvalue weighted by Gasteiger charge is 2.05. The molecule has 0 unspecified atom stereocenters. The first-order valence-corrected chi connectivity index (χ1v) is 5.81. The van der Waals surface area contributed by atoms with Gasteiger partial charge in [0.1, 0.15) is 12.4 Å². The van der Waals surface area contributed by atoms with Crippen molar-refractivity contribution >= 4 is 11.6 Å². The number of phenols is 1. The molecule has 0 spiro atoms. The molecule has 0 atom stereocenters. The summed E-state index contributed by atoms with van der Waals surface area (Å²) in [6.07, 6.45) is 0. The number of halogens is 1. The van der Waals surface area contributed by atoms with Crippen molar-refractivity contribution in [1.82, 2.24) is 0 Å². The summed E-state index contributed by atoms with van der Waals surface area (Å²) in [6.45, 7) is 0.319. The lowest BCUT2D eigenvalue weighted by atomic mass is 10.2. The highest BCUT2D eigenvalue weighted by Crippen LogP contribution is 2.28. The Morgan fingerprint density at radius 3 is 2.50 bits per heavy atom. The van der Waals surface area contributed by atoms with E-state index in [0.717, 1.165) is 5.56 Å². The molecule has 0 heterocycles. The third kappa shape index (κ3) is 2.87. The topological polar surface area (TPSA) is 38.7 Å². The fraction of sp³-hybridized carbons (Fsp3) is 0.143. The molecule has 0 amide bonds. The fourth-order valence-electron chi connectivity index (χ4n) is 1.55. The molecular weight excluding hydrogens is 252 g/mol. The molecule has 0 aliphatic rings. The molecule has 0 bridgehead atoms. The minimum absolute atomic E-state index is 0.140. The summed E-state index contributed by atoms with van der Waals surface area (Å²) in [5.74, 6) is 1.47. The number of aromatic hydroxyl groups is 1. The zero-order chi connectivity index (χ0) is 13.0. The van der Waals surface area contributed by atoms with E-state index >= 15 is 0 Å². The number of para-hydroxylation sites is 2. The van der Waals surface area contributed by atoms with E-state index in [2.05, 4.69) is 0 Å². The number of rotatable bonds is 4. The van der Waals surface area contributed by atoms with Crippen molar-refractivity contribution < 1.29 is 14.6 Å². The van der Waals surface area contributed by atoms with Crippen LogP contribution in [0.4, 0.5) is 0 Å². The highest BCUT2D eigenvalue weighted by atomic mass is 35.5. The van der Waals surface area contributed by atoms with Gasteiger partial charge in [-0.1, -0.05) is 29.8 Å². The Morgan fingerprint density at radius 1 is 1.11 bits per heavy atom. The van der Waals surface area contributed by atoms with Gasteiger partial charge < -0.3 is 14.6 Å². The lowest BCUT2D eigenvalue weighted by Gasteiger charge is -2.11. The van der Waals surface area contributed by atoms with Crippen LogP contribution < -0.4 is 9.47 Å². The highest BCUT2D eigenvalue weighted by molar-refractivity contribution is 6.31. The predicted molar refractivity (Wildman–Crippen MR) is 70.4 cm³/mol. The minimum atomic E-state index is 0.140. The zero-order valence-electron chi connectivity index (χ0n) is 9.89. The number of methoxy groups -OCH3 is 1. The molecule has 18 heavy (non-hydrogen) atoms. The third-order valence-corrected chi connectivity index (χ3v) is 2.84. The molecule has 0 saturated carbocycles. The monoisotopic (exact) mass is 264 g/mol. The van der Waals surface area contributed by atoms with Crippen LogP contribution >= 0.6 is 11.6 Å². The summed E-state index contributed by atoms with van der Waals surface area (Å²) in [5, 5.41) is 9.74. The maximum absolute atomic E-state index is 9.26. The Hall–Kier alpha value is -1.87. The molecule has 1 N–H and O–H groups in total. The summed E-state index contributed by atoms with van der Waals surface area (Å²) < 4.78 is 10.8. The molecule has 4 heteroatoms. The van der Waals surface area contributed by atoms with Crippen LogP contribution in [0.15, 0.2) is 42.5 Å². The van der Waals surface area contributed by atoms with Crippen molar-refractivity contribution in [2.75, 3.05) is 7.11 Å². The average Bonchev–Trinajstić information content (AvgIpc) is 2.38. The van der Waals surface area contributed by atoms with Crippen LogP contribution in [0.25, 0.3) is 0 Å².